The van der Waals surface area contributed by atoms with Crippen molar-refractivity contribution in [1.29, 1.82) is 0 Å². The van der Waals surface area contributed by atoms with E-state index in [2.05, 4.69) is 15.9 Å². The normalized spacial score (nSPS) is 12.6. The predicted molar refractivity (Wildman–Crippen MR) is 56.4 cm³/mol. The van der Waals surface area contributed by atoms with Crippen molar-refractivity contribution in [2.75, 3.05) is 13.0 Å². The van der Waals surface area contributed by atoms with Gasteiger partial charge in [-0.05, 0) is 22.0 Å². The monoisotopic (exact) mass is 264 g/mol. The molecule has 13 heavy (non-hydrogen) atoms. The zero-order chi connectivity index (χ0) is 9.84. The van der Waals surface area contributed by atoms with Crippen LogP contribution in [0.25, 0.3) is 0 Å². The summed E-state index contributed by atoms with van der Waals surface area (Å²) in [4.78, 5) is 0. The highest BCUT2D eigenvalue weighted by atomic mass is 79.9. The van der Waals surface area contributed by atoms with Crippen LogP contribution in [0.5, 0.6) is 5.75 Å². The van der Waals surface area contributed by atoms with E-state index >= 15 is 0 Å². The number of benzene rings is 1. The van der Waals surface area contributed by atoms with Crippen molar-refractivity contribution < 1.29 is 9.84 Å². The molecule has 0 aliphatic carbocycles. The minimum Gasteiger partial charge on any atom is -0.495 e. The Hall–Kier alpha value is -0.250. The largest absolute Gasteiger partial charge is 0.495 e. The van der Waals surface area contributed by atoms with Crippen LogP contribution < -0.4 is 4.74 Å². The quantitative estimate of drug-likeness (QED) is 0.852. The first-order valence-corrected chi connectivity index (χ1v) is 5.10. The Kier molecular flexibility index (Phi) is 4.03. The fraction of sp³-hybridized carbons (Fsp3) is 0.333. The molecule has 0 fully saturated rings. The Balaban J connectivity index is 3.12. The van der Waals surface area contributed by atoms with Crippen LogP contribution in [0, 0.1) is 0 Å². The summed E-state index contributed by atoms with van der Waals surface area (Å²) in [7, 11) is 1.56. The second kappa shape index (κ2) is 4.84. The number of halogens is 2. The van der Waals surface area contributed by atoms with Gasteiger partial charge in [0, 0.05) is 5.56 Å². The molecule has 0 amide bonds. The number of methoxy groups -OCH3 is 1. The third-order valence-corrected chi connectivity index (χ3v) is 2.62. The number of alkyl halides is 1. The van der Waals surface area contributed by atoms with Gasteiger partial charge in [0.2, 0.25) is 0 Å². The van der Waals surface area contributed by atoms with Gasteiger partial charge in [-0.3, -0.25) is 0 Å². The van der Waals surface area contributed by atoms with Crippen LogP contribution in [-0.2, 0) is 0 Å². The third kappa shape index (κ3) is 2.36. The molecule has 2 nitrogen and oxygen atoms in total. The lowest BCUT2D eigenvalue weighted by atomic mass is 10.1. The number of aliphatic hydroxyl groups is 1. The van der Waals surface area contributed by atoms with Crippen molar-refractivity contribution in [1.82, 2.24) is 0 Å². The van der Waals surface area contributed by atoms with Gasteiger partial charge in [0.15, 0.2) is 0 Å². The summed E-state index contributed by atoms with van der Waals surface area (Å²) in [5.74, 6) is 0.794. The first kappa shape index (κ1) is 10.8. The van der Waals surface area contributed by atoms with Gasteiger partial charge in [-0.25, -0.2) is 0 Å². The smallest absolute Gasteiger partial charge is 0.138 e. The van der Waals surface area contributed by atoms with Gasteiger partial charge in [0.05, 0.1) is 23.6 Å². The van der Waals surface area contributed by atoms with E-state index in [-0.39, 0.29) is 5.88 Å². The van der Waals surface area contributed by atoms with Gasteiger partial charge in [0.1, 0.15) is 5.75 Å². The molecule has 0 aliphatic rings. The molecule has 1 aromatic carbocycles. The lowest BCUT2D eigenvalue weighted by Crippen LogP contribution is -2.01. The predicted octanol–water partition coefficient (Wildman–Crippen LogP) is 2.73. The van der Waals surface area contributed by atoms with Crippen LogP contribution in [0.3, 0.4) is 0 Å². The molecule has 0 unspecified atom stereocenters. The van der Waals surface area contributed by atoms with E-state index in [4.69, 9.17) is 16.3 Å². The van der Waals surface area contributed by atoms with Crippen molar-refractivity contribution >= 4 is 27.5 Å². The average Bonchev–Trinajstić information content (AvgIpc) is 2.16. The number of hydrogen-bond donors (Lipinski definition) is 1. The van der Waals surface area contributed by atoms with Crippen molar-refractivity contribution in [3.05, 3.63) is 28.2 Å². The highest BCUT2D eigenvalue weighted by Crippen LogP contribution is 2.32. The zero-order valence-electron chi connectivity index (χ0n) is 7.13. The topological polar surface area (TPSA) is 29.5 Å². The summed E-state index contributed by atoms with van der Waals surface area (Å²) in [5, 5.41) is 9.53. The van der Waals surface area contributed by atoms with Gasteiger partial charge in [0.25, 0.3) is 0 Å². The summed E-state index contributed by atoms with van der Waals surface area (Å²) in [6.45, 7) is 0. The van der Waals surface area contributed by atoms with Gasteiger partial charge in [-0.1, -0.05) is 12.1 Å². The van der Waals surface area contributed by atoms with Gasteiger partial charge >= 0.3 is 0 Å². The molecule has 0 saturated heterocycles. The number of hydrogen-bond acceptors (Lipinski definition) is 2. The minimum atomic E-state index is -0.686. The molecule has 0 aromatic heterocycles. The Morgan fingerprint density at radius 1 is 1.62 bits per heavy atom. The molecule has 1 atom stereocenters. The van der Waals surface area contributed by atoms with Gasteiger partial charge in [-0.2, -0.15) is 0 Å². The van der Waals surface area contributed by atoms with Crippen LogP contribution in [0.2, 0.25) is 0 Å². The van der Waals surface area contributed by atoms with Crippen molar-refractivity contribution in [2.24, 2.45) is 0 Å². The summed E-state index contributed by atoms with van der Waals surface area (Å²) < 4.78 is 5.95. The lowest BCUT2D eigenvalue weighted by Gasteiger charge is -2.13. The maximum absolute atomic E-state index is 9.53. The molecule has 4 heteroatoms. The van der Waals surface area contributed by atoms with E-state index in [0.29, 0.717) is 11.3 Å². The number of aliphatic hydroxyl groups excluding tert-OH is 1. The molecule has 1 aromatic rings. The minimum absolute atomic E-state index is 0.160. The molecule has 0 heterocycles. The summed E-state index contributed by atoms with van der Waals surface area (Å²) in [6, 6.07) is 5.47. The molecule has 1 N–H and O–H groups in total. The van der Waals surface area contributed by atoms with E-state index < -0.39 is 6.10 Å². The Labute approximate surface area is 90.6 Å². The molecule has 72 valence electrons. The third-order valence-electron chi connectivity index (χ3n) is 1.71. The van der Waals surface area contributed by atoms with Crippen molar-refractivity contribution in [3.63, 3.8) is 0 Å². The standard InChI is InChI=1S/C9H10BrClO2/c1-13-9-6(8(12)5-11)3-2-4-7(9)10/h2-4,8,12H,5H2,1H3/t8-/m0/s1. The SMILES string of the molecule is COc1c(Br)cccc1[C@@H](O)CCl. The van der Waals surface area contributed by atoms with Crippen LogP contribution in [0.15, 0.2) is 22.7 Å². The van der Waals surface area contributed by atoms with Crippen LogP contribution in [-0.4, -0.2) is 18.1 Å². The fourth-order valence-electron chi connectivity index (χ4n) is 1.09. The fourth-order valence-corrected chi connectivity index (χ4v) is 1.80. The van der Waals surface area contributed by atoms with Gasteiger partial charge in [-0.15, -0.1) is 11.6 Å². The molecular formula is C9H10BrClO2. The highest BCUT2D eigenvalue weighted by molar-refractivity contribution is 9.10. The lowest BCUT2D eigenvalue weighted by molar-refractivity contribution is 0.197. The molecule has 0 bridgehead atoms. The maximum atomic E-state index is 9.53. The number of ether oxygens (including phenoxy) is 1. The Bertz CT molecular complexity index is 291. The summed E-state index contributed by atoms with van der Waals surface area (Å²) in [6.07, 6.45) is -0.686. The summed E-state index contributed by atoms with van der Waals surface area (Å²) >= 11 is 8.87. The molecular weight excluding hydrogens is 255 g/mol. The first-order chi connectivity index (χ1) is 6.20. The maximum Gasteiger partial charge on any atom is 0.138 e. The van der Waals surface area contributed by atoms with E-state index in [1.165, 1.54) is 0 Å². The number of rotatable bonds is 3. The van der Waals surface area contributed by atoms with Crippen LogP contribution in [0.4, 0.5) is 0 Å². The molecule has 0 aliphatic heterocycles. The molecule has 1 rings (SSSR count). The number of para-hydroxylation sites is 1. The molecule has 0 saturated carbocycles. The Morgan fingerprint density at radius 2 is 2.31 bits per heavy atom. The van der Waals surface area contributed by atoms with Crippen LogP contribution in [0.1, 0.15) is 11.7 Å². The average molecular weight is 266 g/mol. The Morgan fingerprint density at radius 3 is 2.85 bits per heavy atom. The van der Waals surface area contributed by atoms with E-state index in [0.717, 1.165) is 4.47 Å². The van der Waals surface area contributed by atoms with Crippen molar-refractivity contribution in [3.8, 4) is 5.75 Å². The van der Waals surface area contributed by atoms with Crippen molar-refractivity contribution in [2.45, 2.75) is 6.10 Å². The van der Waals surface area contributed by atoms with E-state index in [9.17, 15) is 5.11 Å². The highest BCUT2D eigenvalue weighted by Gasteiger charge is 2.13. The second-order valence-corrected chi connectivity index (χ2v) is 3.70. The van der Waals surface area contributed by atoms with Gasteiger partial charge < -0.3 is 9.84 Å². The molecule has 0 radical (unpaired) electrons. The second-order valence-electron chi connectivity index (χ2n) is 2.53. The van der Waals surface area contributed by atoms with E-state index in [1.807, 2.05) is 12.1 Å². The first-order valence-electron chi connectivity index (χ1n) is 3.77. The summed E-state index contributed by atoms with van der Waals surface area (Å²) in [5.41, 5.74) is 0.701. The molecule has 0 spiro atoms. The van der Waals surface area contributed by atoms with E-state index in [1.54, 1.807) is 13.2 Å². The van der Waals surface area contributed by atoms with Crippen LogP contribution >= 0.6 is 27.5 Å². The zero-order valence-corrected chi connectivity index (χ0v) is 9.47.